The molecule has 0 aliphatic carbocycles. The van der Waals surface area contributed by atoms with Gasteiger partial charge < -0.3 is 14.8 Å². The Balaban J connectivity index is 2.12. The fourth-order valence-corrected chi connectivity index (χ4v) is 2.26. The van der Waals surface area contributed by atoms with Crippen molar-refractivity contribution in [3.8, 4) is 11.7 Å². The average Bonchev–Trinajstić information content (AvgIpc) is 2.65. The van der Waals surface area contributed by atoms with E-state index < -0.39 is 0 Å². The quantitative estimate of drug-likeness (QED) is 0.431. The number of carbonyl (C=O) groups excluding carboxylic acids is 1. The number of ether oxygens (including phenoxy) is 2. The molecule has 1 aromatic heterocycles. The minimum atomic E-state index is -0.225. The maximum atomic E-state index is 12.4. The number of hydrogen-bond acceptors (Lipinski definition) is 5. The van der Waals surface area contributed by atoms with Crippen molar-refractivity contribution in [3.63, 3.8) is 0 Å². The van der Waals surface area contributed by atoms with E-state index in [1.165, 1.54) is 7.11 Å². The third-order valence-electron chi connectivity index (χ3n) is 3.64. The van der Waals surface area contributed by atoms with E-state index in [-0.39, 0.29) is 12.5 Å². The predicted molar refractivity (Wildman–Crippen MR) is 97.9 cm³/mol. The van der Waals surface area contributed by atoms with Crippen LogP contribution in [0, 0.1) is 11.2 Å². The number of nitriles is 1. The summed E-state index contributed by atoms with van der Waals surface area (Å²) in [4.78, 5) is 16.7. The molecule has 1 amide bonds. The summed E-state index contributed by atoms with van der Waals surface area (Å²) in [6.45, 7) is 4.46. The van der Waals surface area contributed by atoms with Gasteiger partial charge in [-0.25, -0.2) is 5.26 Å². The van der Waals surface area contributed by atoms with Crippen molar-refractivity contribution in [3.05, 3.63) is 48.4 Å². The molecule has 6 nitrogen and oxygen atoms in total. The van der Waals surface area contributed by atoms with Crippen LogP contribution < -0.4 is 10.1 Å². The molecule has 0 saturated heterocycles. The first-order valence-electron chi connectivity index (χ1n) is 8.04. The van der Waals surface area contributed by atoms with Crippen molar-refractivity contribution in [2.24, 2.45) is 0 Å². The van der Waals surface area contributed by atoms with Crippen LogP contribution in [0.25, 0.3) is 10.9 Å². The number of rotatable bonds is 9. The third kappa shape index (κ3) is 5.25. The van der Waals surface area contributed by atoms with Crippen molar-refractivity contribution >= 4 is 24.1 Å². The monoisotopic (exact) mass is 337 g/mol. The second-order valence-electron chi connectivity index (χ2n) is 5.43. The molecule has 25 heavy (non-hydrogen) atoms. The smallest absolute Gasteiger partial charge is 0.252 e. The molecule has 1 N–H and O–H groups in total. The Morgan fingerprint density at radius 1 is 1.44 bits per heavy atom. The summed E-state index contributed by atoms with van der Waals surface area (Å²) in [5.41, 5.74) is 1.24. The zero-order valence-electron chi connectivity index (χ0n) is 14.2. The van der Waals surface area contributed by atoms with E-state index in [0.29, 0.717) is 31.0 Å². The molecule has 0 spiro atoms. The van der Waals surface area contributed by atoms with Gasteiger partial charge in [-0.3, -0.25) is 9.78 Å². The second-order valence-corrected chi connectivity index (χ2v) is 5.43. The summed E-state index contributed by atoms with van der Waals surface area (Å²) in [7, 11) is 2.04. The Hall–Kier alpha value is -3.01. The molecule has 2 rings (SSSR count). The molecule has 0 aliphatic heterocycles. The van der Waals surface area contributed by atoms with Crippen molar-refractivity contribution in [1.82, 2.24) is 10.3 Å². The molecule has 0 radical (unpaired) electrons. The van der Waals surface area contributed by atoms with E-state index in [1.807, 2.05) is 18.2 Å². The number of nitrogens with one attached hydrogen (secondary N) is 1. The number of fused-ring (bicyclic) bond motifs is 1. The minimum Gasteiger partial charge on any atom is -0.500 e. The number of nitrogens with zero attached hydrogens (tertiary/aromatic N) is 2. The fraction of sp³-hybridized carbons (Fsp3) is 0.278. The van der Waals surface area contributed by atoms with E-state index in [0.717, 1.165) is 23.6 Å². The fourth-order valence-electron chi connectivity index (χ4n) is 2.26. The molecule has 0 unspecified atom stereocenters. The molecule has 0 saturated carbocycles. The molecule has 128 valence electrons. The second kappa shape index (κ2) is 9.33. The topological polar surface area (TPSA) is 84.2 Å². The van der Waals surface area contributed by atoms with E-state index in [9.17, 15) is 4.79 Å². The van der Waals surface area contributed by atoms with Crippen molar-refractivity contribution in [2.45, 2.75) is 12.7 Å². The SMILES string of the molecule is C=C(CNC(=O)c1ccnc2ccc(OCCCBC#N)cc12)OC. The van der Waals surface area contributed by atoms with Gasteiger partial charge in [0.2, 0.25) is 7.28 Å². The van der Waals surface area contributed by atoms with E-state index in [1.54, 1.807) is 12.3 Å². The van der Waals surface area contributed by atoms with Crippen LogP contribution in [0.15, 0.2) is 42.8 Å². The van der Waals surface area contributed by atoms with Crippen LogP contribution in [0.3, 0.4) is 0 Å². The summed E-state index contributed by atoms with van der Waals surface area (Å²) in [5.74, 6) is 3.04. The Morgan fingerprint density at radius 2 is 2.28 bits per heavy atom. The maximum absolute atomic E-state index is 12.4. The molecule has 1 heterocycles. The van der Waals surface area contributed by atoms with Crippen molar-refractivity contribution < 1.29 is 14.3 Å². The van der Waals surface area contributed by atoms with Crippen LogP contribution in [0.2, 0.25) is 6.32 Å². The van der Waals surface area contributed by atoms with Crippen LogP contribution in [-0.2, 0) is 4.74 Å². The highest BCUT2D eigenvalue weighted by Gasteiger charge is 2.11. The first-order valence-corrected chi connectivity index (χ1v) is 8.04. The van der Waals surface area contributed by atoms with Gasteiger partial charge in [0.15, 0.2) is 0 Å². The number of pyridine rings is 1. The van der Waals surface area contributed by atoms with Gasteiger partial charge in [0.05, 0.1) is 31.3 Å². The highest BCUT2D eigenvalue weighted by Crippen LogP contribution is 2.23. The van der Waals surface area contributed by atoms with Crippen molar-refractivity contribution in [2.75, 3.05) is 20.3 Å². The van der Waals surface area contributed by atoms with Gasteiger partial charge in [0.25, 0.3) is 5.91 Å². The average molecular weight is 337 g/mol. The largest absolute Gasteiger partial charge is 0.500 e. The Labute approximate surface area is 147 Å². The molecule has 0 fully saturated rings. The zero-order chi connectivity index (χ0) is 18.1. The molecule has 2 aromatic rings. The number of carbonyl (C=O) groups is 1. The number of amides is 1. The molecule has 1 aromatic carbocycles. The maximum Gasteiger partial charge on any atom is 0.252 e. The summed E-state index contributed by atoms with van der Waals surface area (Å²) in [5, 5.41) is 12.0. The van der Waals surface area contributed by atoms with Crippen LogP contribution in [0.5, 0.6) is 5.75 Å². The van der Waals surface area contributed by atoms with Crippen LogP contribution in [-0.4, -0.2) is 38.4 Å². The third-order valence-corrected chi connectivity index (χ3v) is 3.64. The van der Waals surface area contributed by atoms with Crippen molar-refractivity contribution in [1.29, 1.82) is 5.26 Å². The van der Waals surface area contributed by atoms with Gasteiger partial charge in [0.1, 0.15) is 11.5 Å². The molecule has 0 bridgehead atoms. The lowest BCUT2D eigenvalue weighted by atomic mass is 9.76. The number of hydrogen-bond donors (Lipinski definition) is 1. The highest BCUT2D eigenvalue weighted by molar-refractivity contribution is 6.44. The van der Waals surface area contributed by atoms with E-state index in [4.69, 9.17) is 14.7 Å². The van der Waals surface area contributed by atoms with Gasteiger partial charge in [-0.05, 0) is 36.7 Å². The lowest BCUT2D eigenvalue weighted by molar-refractivity contribution is 0.0952. The molecule has 7 heteroatoms. The Morgan fingerprint density at radius 3 is 3.04 bits per heavy atom. The number of aromatic nitrogens is 1. The van der Waals surface area contributed by atoms with Gasteiger partial charge >= 0.3 is 0 Å². The molecule has 0 atom stereocenters. The van der Waals surface area contributed by atoms with E-state index in [2.05, 4.69) is 22.8 Å². The zero-order valence-corrected chi connectivity index (χ0v) is 14.2. The summed E-state index contributed by atoms with van der Waals surface area (Å²) < 4.78 is 10.7. The molecular weight excluding hydrogens is 317 g/mol. The summed E-state index contributed by atoms with van der Waals surface area (Å²) >= 11 is 0. The summed E-state index contributed by atoms with van der Waals surface area (Å²) in [6, 6.07) is 7.13. The lowest BCUT2D eigenvalue weighted by Crippen LogP contribution is -2.26. The van der Waals surface area contributed by atoms with Crippen LogP contribution >= 0.6 is 0 Å². The van der Waals surface area contributed by atoms with Gasteiger partial charge in [-0.15, -0.1) is 0 Å². The molecule has 0 aliphatic rings. The first kappa shape index (κ1) is 18.3. The minimum absolute atomic E-state index is 0.225. The van der Waals surface area contributed by atoms with Crippen LogP contribution in [0.1, 0.15) is 16.8 Å². The summed E-state index contributed by atoms with van der Waals surface area (Å²) in [6.07, 6.45) is 3.22. The lowest BCUT2D eigenvalue weighted by Gasteiger charge is -2.10. The number of methoxy groups -OCH3 is 1. The normalized spacial score (nSPS) is 9.92. The Bertz CT molecular complexity index is 802. The van der Waals surface area contributed by atoms with E-state index >= 15 is 0 Å². The number of benzene rings is 1. The highest BCUT2D eigenvalue weighted by atomic mass is 16.5. The Kier molecular flexibility index (Phi) is 6.84. The van der Waals surface area contributed by atoms with Gasteiger partial charge in [-0.1, -0.05) is 12.9 Å². The first-order chi connectivity index (χ1) is 12.2. The van der Waals surface area contributed by atoms with Gasteiger partial charge in [-0.2, -0.15) is 0 Å². The predicted octanol–water partition coefficient (Wildman–Crippen LogP) is 2.23. The standard InChI is InChI=1S/C18H20BN3O3/c1-13(24-2)11-22-18(23)15-6-8-21-17-5-4-14(10-16(15)17)25-9-3-7-19-12-20/h4-6,8,10,19H,1,3,7,9,11H2,2H3,(H,22,23). The molecular formula is C18H20BN3O3. The van der Waals surface area contributed by atoms with Crippen LogP contribution in [0.4, 0.5) is 0 Å². The van der Waals surface area contributed by atoms with Gasteiger partial charge in [0, 0.05) is 11.6 Å².